The summed E-state index contributed by atoms with van der Waals surface area (Å²) in [5.41, 5.74) is 3.64. The van der Waals surface area contributed by atoms with Crippen molar-refractivity contribution in [2.45, 2.75) is 93.3 Å². The molecule has 2 rings (SSSR count). The average Bonchev–Trinajstić information content (AvgIpc) is 2.33. The summed E-state index contributed by atoms with van der Waals surface area (Å²) in [7, 11) is 0. The second-order valence-corrected chi connectivity index (χ2v) is 9.86. The highest BCUT2D eigenvalue weighted by Crippen LogP contribution is 2.40. The van der Waals surface area contributed by atoms with E-state index in [-0.39, 0.29) is 12.2 Å². The zero-order valence-electron chi connectivity index (χ0n) is 16.7. The molecule has 0 fully saturated rings. The number of hydrogen-bond acceptors (Lipinski definition) is 1. The van der Waals surface area contributed by atoms with E-state index in [4.69, 9.17) is 4.74 Å². The third-order valence-corrected chi connectivity index (χ3v) is 5.52. The van der Waals surface area contributed by atoms with Crippen molar-refractivity contribution in [3.8, 4) is 0 Å². The normalized spacial score (nSPS) is 32.7. The van der Waals surface area contributed by atoms with Crippen molar-refractivity contribution in [2.24, 2.45) is 22.7 Å². The maximum absolute atomic E-state index is 6.48. The standard InChI is InChI=1S/C22H38O/c1-15-9-19(13-21(5,6)11-15)17(3)23-18(4)20-10-16(2)12-22(7,8)14-20/h13-18H,9-12H2,1-8H3. The molecule has 2 aliphatic carbocycles. The fourth-order valence-corrected chi connectivity index (χ4v) is 5.03. The molecule has 1 heteroatoms. The van der Waals surface area contributed by atoms with Crippen molar-refractivity contribution in [1.82, 2.24) is 0 Å². The van der Waals surface area contributed by atoms with Crippen molar-refractivity contribution in [1.29, 1.82) is 0 Å². The van der Waals surface area contributed by atoms with E-state index in [1.807, 2.05) is 0 Å². The van der Waals surface area contributed by atoms with E-state index in [2.05, 4.69) is 67.5 Å². The minimum atomic E-state index is 0.230. The maximum Gasteiger partial charge on any atom is 0.0765 e. The molecule has 1 nitrogen and oxygen atoms in total. The highest BCUT2D eigenvalue weighted by molar-refractivity contribution is 5.19. The van der Waals surface area contributed by atoms with Crippen LogP contribution in [0.5, 0.6) is 0 Å². The summed E-state index contributed by atoms with van der Waals surface area (Å²) >= 11 is 0. The van der Waals surface area contributed by atoms with Gasteiger partial charge in [0.25, 0.3) is 0 Å². The molecule has 23 heavy (non-hydrogen) atoms. The van der Waals surface area contributed by atoms with Gasteiger partial charge in [-0.3, -0.25) is 0 Å². The largest absolute Gasteiger partial charge is 0.367 e. The zero-order chi connectivity index (χ0) is 17.4. The number of hydrogen-bond donors (Lipinski definition) is 0. The molecule has 0 N–H and O–H groups in total. The molecule has 0 bridgehead atoms. The van der Waals surface area contributed by atoms with Crippen LogP contribution in [0.1, 0.15) is 81.1 Å². The number of ether oxygens (including phenoxy) is 1. The van der Waals surface area contributed by atoms with Gasteiger partial charge >= 0.3 is 0 Å². The summed E-state index contributed by atoms with van der Waals surface area (Å²) < 4.78 is 6.48. The van der Waals surface area contributed by atoms with Gasteiger partial charge in [0, 0.05) is 0 Å². The Morgan fingerprint density at radius 2 is 1.17 bits per heavy atom. The van der Waals surface area contributed by atoms with Crippen molar-refractivity contribution in [2.75, 3.05) is 0 Å². The Morgan fingerprint density at radius 3 is 1.48 bits per heavy atom. The molecular weight excluding hydrogens is 280 g/mol. The minimum Gasteiger partial charge on any atom is -0.367 e. The van der Waals surface area contributed by atoms with E-state index in [0.717, 1.165) is 11.8 Å². The molecule has 0 aromatic carbocycles. The first-order chi connectivity index (χ1) is 10.5. The van der Waals surface area contributed by atoms with Gasteiger partial charge in [-0.15, -0.1) is 0 Å². The predicted molar refractivity (Wildman–Crippen MR) is 101 cm³/mol. The second kappa shape index (κ2) is 6.75. The molecule has 4 atom stereocenters. The van der Waals surface area contributed by atoms with Crippen LogP contribution in [-0.2, 0) is 4.74 Å². The Morgan fingerprint density at radius 1 is 0.826 bits per heavy atom. The summed E-state index contributed by atoms with van der Waals surface area (Å²) in [6.45, 7) is 18.7. The van der Waals surface area contributed by atoms with Gasteiger partial charge in [0.2, 0.25) is 0 Å². The van der Waals surface area contributed by atoms with Crippen molar-refractivity contribution in [3.05, 3.63) is 23.3 Å². The summed E-state index contributed by atoms with van der Waals surface area (Å²) in [5, 5.41) is 0. The van der Waals surface area contributed by atoms with E-state index in [1.54, 1.807) is 0 Å². The minimum absolute atomic E-state index is 0.230. The molecule has 0 saturated carbocycles. The molecular formula is C22H38O. The Hall–Kier alpha value is -0.560. The third kappa shape index (κ3) is 5.21. The van der Waals surface area contributed by atoms with Crippen LogP contribution in [0.4, 0.5) is 0 Å². The van der Waals surface area contributed by atoms with Gasteiger partial charge in [0.05, 0.1) is 12.2 Å². The molecule has 0 heterocycles. The zero-order valence-corrected chi connectivity index (χ0v) is 16.7. The first kappa shape index (κ1) is 18.8. The highest BCUT2D eigenvalue weighted by atomic mass is 16.5. The van der Waals surface area contributed by atoms with E-state index in [1.165, 1.54) is 36.8 Å². The van der Waals surface area contributed by atoms with Crippen LogP contribution in [0.3, 0.4) is 0 Å². The van der Waals surface area contributed by atoms with Crippen LogP contribution in [-0.4, -0.2) is 12.2 Å². The molecule has 0 aliphatic heterocycles. The van der Waals surface area contributed by atoms with Crippen LogP contribution < -0.4 is 0 Å². The first-order valence-electron chi connectivity index (χ1n) is 9.56. The quantitative estimate of drug-likeness (QED) is 0.534. The summed E-state index contributed by atoms with van der Waals surface area (Å²) in [5.74, 6) is 1.53. The Bertz CT molecular complexity index is 436. The first-order valence-corrected chi connectivity index (χ1v) is 9.56. The number of allylic oxidation sites excluding steroid dienone is 2. The lowest BCUT2D eigenvalue weighted by Gasteiger charge is -2.37. The topological polar surface area (TPSA) is 9.23 Å². The lowest BCUT2D eigenvalue weighted by atomic mass is 9.73. The van der Waals surface area contributed by atoms with Gasteiger partial charge in [-0.1, -0.05) is 53.7 Å². The molecule has 2 aliphatic rings. The van der Waals surface area contributed by atoms with Gasteiger partial charge in [-0.2, -0.15) is 0 Å². The van der Waals surface area contributed by atoms with Gasteiger partial charge in [0.1, 0.15) is 0 Å². The third-order valence-electron chi connectivity index (χ3n) is 5.52. The number of rotatable bonds is 4. The van der Waals surface area contributed by atoms with E-state index < -0.39 is 0 Å². The van der Waals surface area contributed by atoms with Gasteiger partial charge in [0.15, 0.2) is 0 Å². The van der Waals surface area contributed by atoms with Crippen molar-refractivity contribution >= 4 is 0 Å². The molecule has 0 aromatic rings. The summed E-state index contributed by atoms with van der Waals surface area (Å²) in [6, 6.07) is 0. The Labute approximate surface area is 144 Å². The predicted octanol–water partition coefficient (Wildman–Crippen LogP) is 6.55. The van der Waals surface area contributed by atoms with Crippen LogP contribution in [0.2, 0.25) is 0 Å². The fraction of sp³-hybridized carbons (Fsp3) is 0.818. The molecule has 0 radical (unpaired) electrons. The highest BCUT2D eigenvalue weighted by Gasteiger charge is 2.31. The summed E-state index contributed by atoms with van der Waals surface area (Å²) in [6.07, 6.45) is 10.4. The van der Waals surface area contributed by atoms with E-state index >= 15 is 0 Å². The lowest BCUT2D eigenvalue weighted by Crippen LogP contribution is -2.29. The van der Waals surface area contributed by atoms with Crippen molar-refractivity contribution in [3.63, 3.8) is 0 Å². The van der Waals surface area contributed by atoms with E-state index in [0.29, 0.717) is 10.8 Å². The molecule has 4 unspecified atom stereocenters. The Kier molecular flexibility index (Phi) is 5.51. The van der Waals surface area contributed by atoms with Gasteiger partial charge < -0.3 is 4.74 Å². The summed E-state index contributed by atoms with van der Waals surface area (Å²) in [4.78, 5) is 0. The molecule has 0 spiro atoms. The van der Waals surface area contributed by atoms with Crippen LogP contribution in [0.25, 0.3) is 0 Å². The molecule has 0 aromatic heterocycles. The molecule has 0 amide bonds. The SMILES string of the molecule is CC1CC(C(C)OC(C)C2=CC(C)(C)CC(C)C2)=CC(C)(C)C1. The second-order valence-electron chi connectivity index (χ2n) is 9.86. The monoisotopic (exact) mass is 318 g/mol. The fourth-order valence-electron chi connectivity index (χ4n) is 5.03. The molecule has 0 saturated heterocycles. The average molecular weight is 319 g/mol. The van der Waals surface area contributed by atoms with Crippen LogP contribution >= 0.6 is 0 Å². The van der Waals surface area contributed by atoms with Gasteiger partial charge in [-0.05, 0) is 73.3 Å². The maximum atomic E-state index is 6.48. The van der Waals surface area contributed by atoms with E-state index in [9.17, 15) is 0 Å². The van der Waals surface area contributed by atoms with Crippen LogP contribution in [0.15, 0.2) is 23.3 Å². The van der Waals surface area contributed by atoms with Crippen LogP contribution in [0, 0.1) is 22.7 Å². The van der Waals surface area contributed by atoms with Crippen molar-refractivity contribution < 1.29 is 4.74 Å². The van der Waals surface area contributed by atoms with Gasteiger partial charge in [-0.25, -0.2) is 0 Å². The Balaban J connectivity index is 2.06. The lowest BCUT2D eigenvalue weighted by molar-refractivity contribution is 0.0379. The smallest absolute Gasteiger partial charge is 0.0765 e. The molecule has 132 valence electrons.